The topological polar surface area (TPSA) is 90.5 Å². The Labute approximate surface area is 124 Å². The molecule has 7 heteroatoms. The predicted molar refractivity (Wildman–Crippen MR) is 76.6 cm³/mol. The van der Waals surface area contributed by atoms with Gasteiger partial charge in [-0.2, -0.15) is 0 Å². The molecule has 1 aromatic carbocycles. The zero-order chi connectivity index (χ0) is 15.9. The van der Waals surface area contributed by atoms with Gasteiger partial charge in [0, 0.05) is 18.4 Å². The normalized spacial score (nSPS) is 21.2. The number of nitrogens with one attached hydrogen (secondary N) is 1. The Morgan fingerprint density at radius 1 is 1.32 bits per heavy atom. The number of carboxylic acids is 1. The molecular weight excluding hydrogens is 291 g/mol. The minimum atomic E-state index is -2.42. The molecule has 1 aliphatic rings. The van der Waals surface area contributed by atoms with E-state index in [-0.39, 0.29) is 18.7 Å². The largest absolute Gasteiger partial charge is 0.479 e. The number of nitrogens with zero attached hydrogens (tertiary/aromatic N) is 1. The van der Waals surface area contributed by atoms with E-state index in [1.165, 1.54) is 6.07 Å². The molecule has 0 bridgehead atoms. The smallest absolute Gasteiger partial charge is 0.343 e. The summed E-state index contributed by atoms with van der Waals surface area (Å²) in [4.78, 5) is 38.8. The van der Waals surface area contributed by atoms with E-state index >= 15 is 0 Å². The minimum absolute atomic E-state index is 0.00348. The predicted octanol–water partition coefficient (Wildman–Crippen LogP) is 1.17. The fraction of sp³-hybridized carbons (Fsp3) is 0.267. The molecule has 22 heavy (non-hydrogen) atoms. The zero-order valence-electron chi connectivity index (χ0n) is 11.5. The van der Waals surface area contributed by atoms with Crippen LogP contribution in [0.15, 0.2) is 35.1 Å². The number of halogens is 1. The molecule has 0 radical (unpaired) electrons. The molecule has 0 aliphatic carbocycles. The number of amides is 1. The van der Waals surface area contributed by atoms with E-state index in [1.807, 2.05) is 0 Å². The summed E-state index contributed by atoms with van der Waals surface area (Å²) in [6.07, 6.45) is -0.258. The molecule has 2 heterocycles. The van der Waals surface area contributed by atoms with Gasteiger partial charge >= 0.3 is 5.97 Å². The van der Waals surface area contributed by atoms with Crippen molar-refractivity contribution in [3.63, 3.8) is 0 Å². The lowest BCUT2D eigenvalue weighted by atomic mass is 10.1. The summed E-state index contributed by atoms with van der Waals surface area (Å²) in [6.45, 7) is -0.521. The lowest BCUT2D eigenvalue weighted by Crippen LogP contribution is -2.39. The Kier molecular flexibility index (Phi) is 3.20. The second-order valence-electron chi connectivity index (χ2n) is 5.35. The van der Waals surface area contributed by atoms with Crippen LogP contribution in [0.25, 0.3) is 10.8 Å². The van der Waals surface area contributed by atoms with Gasteiger partial charge in [-0.1, -0.05) is 18.2 Å². The van der Waals surface area contributed by atoms with Gasteiger partial charge in [0.05, 0.1) is 6.54 Å². The van der Waals surface area contributed by atoms with Crippen LogP contribution in [0.3, 0.4) is 0 Å². The van der Waals surface area contributed by atoms with Gasteiger partial charge in [0.15, 0.2) is 0 Å². The summed E-state index contributed by atoms with van der Waals surface area (Å²) in [5, 5.41) is 9.90. The highest BCUT2D eigenvalue weighted by Gasteiger charge is 2.47. The molecule has 3 rings (SSSR count). The standard InChI is InChI=1S/C15H13FN2O4/c16-15(14(21)22)5-6-18(8-15)13(20)11-7-9-3-1-2-4-10(9)12(19)17-11/h1-4,7H,5-6,8H2,(H,17,19)(H,21,22). The number of carbonyl (C=O) groups excluding carboxylic acids is 1. The molecule has 2 N–H and O–H groups in total. The average Bonchev–Trinajstić information content (AvgIpc) is 2.90. The number of H-pyrrole nitrogens is 1. The molecule has 1 aliphatic heterocycles. The number of rotatable bonds is 2. The molecule has 2 aromatic rings. The molecule has 1 fully saturated rings. The van der Waals surface area contributed by atoms with Crippen LogP contribution in [0, 0.1) is 0 Å². The van der Waals surface area contributed by atoms with Gasteiger partial charge in [-0.3, -0.25) is 9.59 Å². The highest BCUT2D eigenvalue weighted by molar-refractivity contribution is 5.97. The van der Waals surface area contributed by atoms with E-state index in [1.54, 1.807) is 24.3 Å². The lowest BCUT2D eigenvalue weighted by Gasteiger charge is -2.17. The third-order valence-electron chi connectivity index (χ3n) is 3.87. The fourth-order valence-corrected chi connectivity index (χ4v) is 2.62. The van der Waals surface area contributed by atoms with E-state index in [4.69, 9.17) is 5.11 Å². The second kappa shape index (κ2) is 4.94. The van der Waals surface area contributed by atoms with Crippen molar-refractivity contribution >= 4 is 22.6 Å². The number of pyridine rings is 1. The number of fused-ring (bicyclic) bond motifs is 1. The summed E-state index contributed by atoms with van der Waals surface area (Å²) >= 11 is 0. The molecule has 114 valence electrons. The first-order valence-corrected chi connectivity index (χ1v) is 6.74. The van der Waals surface area contributed by atoms with Crippen molar-refractivity contribution in [1.82, 2.24) is 9.88 Å². The summed E-state index contributed by atoms with van der Waals surface area (Å²) in [5.74, 6) is -2.15. The summed E-state index contributed by atoms with van der Waals surface area (Å²) in [6, 6.07) is 8.29. The number of benzene rings is 1. The first kappa shape index (κ1) is 14.2. The Hall–Kier alpha value is -2.70. The van der Waals surface area contributed by atoms with Crippen molar-refractivity contribution in [2.45, 2.75) is 12.1 Å². The van der Waals surface area contributed by atoms with Crippen LogP contribution in [0.1, 0.15) is 16.9 Å². The van der Waals surface area contributed by atoms with E-state index in [0.717, 1.165) is 4.90 Å². The number of hydrogen-bond donors (Lipinski definition) is 2. The third kappa shape index (κ3) is 2.24. The van der Waals surface area contributed by atoms with Crippen molar-refractivity contribution in [3.05, 3.63) is 46.4 Å². The molecule has 6 nitrogen and oxygen atoms in total. The fourth-order valence-electron chi connectivity index (χ4n) is 2.62. The Balaban J connectivity index is 1.94. The van der Waals surface area contributed by atoms with Gasteiger partial charge in [0.2, 0.25) is 5.67 Å². The van der Waals surface area contributed by atoms with Crippen LogP contribution in [-0.2, 0) is 4.79 Å². The van der Waals surface area contributed by atoms with E-state index in [2.05, 4.69) is 4.98 Å². The average molecular weight is 304 g/mol. The summed E-state index contributed by atoms with van der Waals surface area (Å²) in [5.41, 5.74) is -2.81. The maximum Gasteiger partial charge on any atom is 0.343 e. The van der Waals surface area contributed by atoms with E-state index < -0.39 is 29.6 Å². The monoisotopic (exact) mass is 304 g/mol. The second-order valence-corrected chi connectivity index (χ2v) is 5.35. The number of likely N-dealkylation sites (tertiary alicyclic amines) is 1. The number of aliphatic carboxylic acids is 1. The van der Waals surface area contributed by atoms with Gasteiger partial charge in [-0.25, -0.2) is 9.18 Å². The van der Waals surface area contributed by atoms with Crippen LogP contribution < -0.4 is 5.56 Å². The van der Waals surface area contributed by atoms with E-state index in [0.29, 0.717) is 10.8 Å². The van der Waals surface area contributed by atoms with Gasteiger partial charge in [-0.15, -0.1) is 0 Å². The highest BCUT2D eigenvalue weighted by Crippen LogP contribution is 2.27. The first-order valence-electron chi connectivity index (χ1n) is 6.74. The van der Waals surface area contributed by atoms with Crippen LogP contribution in [0.4, 0.5) is 4.39 Å². The third-order valence-corrected chi connectivity index (χ3v) is 3.87. The summed E-state index contributed by atoms with van der Waals surface area (Å²) in [7, 11) is 0. The van der Waals surface area contributed by atoms with Crippen molar-refractivity contribution < 1.29 is 19.1 Å². The molecule has 1 saturated heterocycles. The van der Waals surface area contributed by atoms with Gasteiger partial charge < -0.3 is 15.0 Å². The quantitative estimate of drug-likeness (QED) is 0.871. The SMILES string of the molecule is O=C(c1cc2ccccc2c(=O)[nH]1)N1CCC(F)(C(=O)O)C1. The number of aromatic nitrogens is 1. The van der Waals surface area contributed by atoms with Crippen LogP contribution in [-0.4, -0.2) is 45.6 Å². The molecule has 0 saturated carbocycles. The van der Waals surface area contributed by atoms with Gasteiger partial charge in [-0.05, 0) is 17.5 Å². The number of alkyl halides is 1. The lowest BCUT2D eigenvalue weighted by molar-refractivity contribution is -0.149. The molecule has 1 atom stereocenters. The maximum absolute atomic E-state index is 14.0. The molecular formula is C15H13FN2O4. The van der Waals surface area contributed by atoms with Crippen LogP contribution in [0.2, 0.25) is 0 Å². The number of carbonyl (C=O) groups is 2. The van der Waals surface area contributed by atoms with Gasteiger partial charge in [0.1, 0.15) is 5.69 Å². The Morgan fingerprint density at radius 3 is 2.73 bits per heavy atom. The minimum Gasteiger partial charge on any atom is -0.479 e. The molecule has 0 spiro atoms. The highest BCUT2D eigenvalue weighted by atomic mass is 19.1. The maximum atomic E-state index is 14.0. The molecule has 1 amide bonds. The number of hydrogen-bond acceptors (Lipinski definition) is 3. The number of carboxylic acid groups (broad SMARTS) is 1. The van der Waals surface area contributed by atoms with Crippen molar-refractivity contribution in [1.29, 1.82) is 0 Å². The number of aromatic amines is 1. The van der Waals surface area contributed by atoms with Crippen molar-refractivity contribution in [3.8, 4) is 0 Å². The van der Waals surface area contributed by atoms with E-state index in [9.17, 15) is 18.8 Å². The Bertz CT molecular complexity index is 832. The molecule has 1 unspecified atom stereocenters. The zero-order valence-corrected chi connectivity index (χ0v) is 11.5. The van der Waals surface area contributed by atoms with Crippen LogP contribution in [0.5, 0.6) is 0 Å². The van der Waals surface area contributed by atoms with Crippen LogP contribution >= 0.6 is 0 Å². The van der Waals surface area contributed by atoms with Crippen molar-refractivity contribution in [2.75, 3.05) is 13.1 Å². The first-order chi connectivity index (χ1) is 10.4. The van der Waals surface area contributed by atoms with Crippen molar-refractivity contribution in [2.24, 2.45) is 0 Å². The molecule has 1 aromatic heterocycles. The summed E-state index contributed by atoms with van der Waals surface area (Å²) < 4.78 is 14.0. The Morgan fingerprint density at radius 2 is 2.05 bits per heavy atom. The van der Waals surface area contributed by atoms with Gasteiger partial charge in [0.25, 0.3) is 11.5 Å².